The number of hydrogen-bond acceptors (Lipinski definition) is 4. The molecular weight excluding hydrogens is 340 g/mol. The standard InChI is InChI=1S/C18H20N2O2S2/c1-5-11-9-12-15(24-11)19-17(23)20(16(12)22)13-8-10(18(2,3)4)6-7-14(13)21/h6-9,21H,5H2,1-4H3,(H,19,23). The maximum Gasteiger partial charge on any atom is 0.267 e. The van der Waals surface area contributed by atoms with Crippen molar-refractivity contribution in [2.24, 2.45) is 0 Å². The molecule has 0 radical (unpaired) electrons. The molecular formula is C18H20N2O2S2. The lowest BCUT2D eigenvalue weighted by molar-refractivity contribution is 0.470. The highest BCUT2D eigenvalue weighted by molar-refractivity contribution is 7.71. The van der Waals surface area contributed by atoms with Gasteiger partial charge in [0.25, 0.3) is 5.56 Å². The summed E-state index contributed by atoms with van der Waals surface area (Å²) in [6.45, 7) is 8.31. The summed E-state index contributed by atoms with van der Waals surface area (Å²) in [5.41, 5.74) is 1.14. The highest BCUT2D eigenvalue weighted by Gasteiger charge is 2.18. The molecule has 0 atom stereocenters. The number of H-pyrrole nitrogens is 1. The third-order valence-electron chi connectivity index (χ3n) is 4.07. The number of aromatic hydroxyl groups is 1. The third kappa shape index (κ3) is 2.80. The van der Waals surface area contributed by atoms with Crippen LogP contribution in [-0.4, -0.2) is 14.7 Å². The van der Waals surface area contributed by atoms with Crippen molar-refractivity contribution in [3.05, 3.63) is 49.8 Å². The smallest absolute Gasteiger partial charge is 0.267 e. The Morgan fingerprint density at radius 1 is 1.29 bits per heavy atom. The van der Waals surface area contributed by atoms with E-state index in [0.29, 0.717) is 15.8 Å². The van der Waals surface area contributed by atoms with E-state index >= 15 is 0 Å². The van der Waals surface area contributed by atoms with E-state index in [4.69, 9.17) is 12.2 Å². The van der Waals surface area contributed by atoms with Crippen LogP contribution < -0.4 is 5.56 Å². The van der Waals surface area contributed by atoms with Gasteiger partial charge in [-0.1, -0.05) is 33.8 Å². The Morgan fingerprint density at radius 3 is 2.62 bits per heavy atom. The molecule has 3 aromatic rings. The van der Waals surface area contributed by atoms with E-state index in [1.54, 1.807) is 17.4 Å². The number of fused-ring (bicyclic) bond motifs is 1. The Labute approximate surface area is 149 Å². The van der Waals surface area contributed by atoms with Gasteiger partial charge in [-0.15, -0.1) is 11.3 Å². The summed E-state index contributed by atoms with van der Waals surface area (Å²) in [7, 11) is 0. The lowest BCUT2D eigenvalue weighted by Crippen LogP contribution is -2.21. The van der Waals surface area contributed by atoms with Gasteiger partial charge in [-0.25, -0.2) is 4.57 Å². The number of phenols is 1. The van der Waals surface area contributed by atoms with Crippen LogP contribution in [0.25, 0.3) is 15.9 Å². The van der Waals surface area contributed by atoms with Crippen molar-refractivity contribution in [1.82, 2.24) is 9.55 Å². The van der Waals surface area contributed by atoms with Crippen LogP contribution in [0.2, 0.25) is 0 Å². The first kappa shape index (κ1) is 16.9. The summed E-state index contributed by atoms with van der Waals surface area (Å²) in [5, 5.41) is 10.9. The minimum atomic E-state index is -0.203. The summed E-state index contributed by atoms with van der Waals surface area (Å²) in [6.07, 6.45) is 0.865. The molecule has 0 aliphatic carbocycles. The maximum atomic E-state index is 13.0. The number of benzene rings is 1. The van der Waals surface area contributed by atoms with Crippen LogP contribution in [-0.2, 0) is 11.8 Å². The van der Waals surface area contributed by atoms with Crippen molar-refractivity contribution in [3.63, 3.8) is 0 Å². The molecule has 0 unspecified atom stereocenters. The van der Waals surface area contributed by atoms with Crippen molar-refractivity contribution in [3.8, 4) is 11.4 Å². The molecule has 0 fully saturated rings. The Balaban J connectivity index is 2.34. The highest BCUT2D eigenvalue weighted by Crippen LogP contribution is 2.30. The van der Waals surface area contributed by atoms with Gasteiger partial charge in [0.1, 0.15) is 10.6 Å². The number of thiophene rings is 1. The molecule has 2 aromatic heterocycles. The van der Waals surface area contributed by atoms with E-state index in [9.17, 15) is 9.90 Å². The summed E-state index contributed by atoms with van der Waals surface area (Å²) >= 11 is 6.94. The molecule has 0 aliphatic rings. The van der Waals surface area contributed by atoms with Crippen molar-refractivity contribution >= 4 is 33.8 Å². The van der Waals surface area contributed by atoms with Crippen molar-refractivity contribution in [2.75, 3.05) is 0 Å². The first-order chi connectivity index (χ1) is 11.2. The molecule has 2 N–H and O–H groups in total. The van der Waals surface area contributed by atoms with E-state index in [0.717, 1.165) is 21.7 Å². The second kappa shape index (κ2) is 5.86. The number of aromatic amines is 1. The summed E-state index contributed by atoms with van der Waals surface area (Å²) < 4.78 is 1.67. The lowest BCUT2D eigenvalue weighted by Gasteiger charge is -2.20. The number of aryl methyl sites for hydroxylation is 1. The van der Waals surface area contributed by atoms with Crippen LogP contribution in [0.15, 0.2) is 29.1 Å². The van der Waals surface area contributed by atoms with Crippen LogP contribution in [0.1, 0.15) is 38.1 Å². The molecule has 4 nitrogen and oxygen atoms in total. The van der Waals surface area contributed by atoms with E-state index in [1.807, 2.05) is 18.2 Å². The molecule has 1 aromatic carbocycles. The molecule has 24 heavy (non-hydrogen) atoms. The monoisotopic (exact) mass is 360 g/mol. The predicted molar refractivity (Wildman–Crippen MR) is 102 cm³/mol. The van der Waals surface area contributed by atoms with E-state index in [-0.39, 0.29) is 16.7 Å². The molecule has 6 heteroatoms. The fraction of sp³-hybridized carbons (Fsp3) is 0.333. The van der Waals surface area contributed by atoms with Gasteiger partial charge >= 0.3 is 0 Å². The Bertz CT molecular complexity index is 1040. The number of aromatic nitrogens is 2. The van der Waals surface area contributed by atoms with E-state index < -0.39 is 0 Å². The molecule has 0 saturated carbocycles. The van der Waals surface area contributed by atoms with Crippen LogP contribution in [0.3, 0.4) is 0 Å². The zero-order valence-electron chi connectivity index (χ0n) is 14.1. The Morgan fingerprint density at radius 2 is 2.00 bits per heavy atom. The molecule has 0 aliphatic heterocycles. The molecule has 126 valence electrons. The second-order valence-electron chi connectivity index (χ2n) is 6.83. The zero-order valence-corrected chi connectivity index (χ0v) is 15.8. The van der Waals surface area contributed by atoms with Gasteiger partial charge in [-0.3, -0.25) is 4.79 Å². The fourth-order valence-electron chi connectivity index (χ4n) is 2.62. The average Bonchev–Trinajstić information content (AvgIpc) is 2.91. The Hall–Kier alpha value is -1.92. The van der Waals surface area contributed by atoms with Crippen molar-refractivity contribution in [2.45, 2.75) is 39.5 Å². The molecule has 0 bridgehead atoms. The predicted octanol–water partition coefficient (Wildman–Crippen LogP) is 4.68. The molecule has 0 spiro atoms. The second-order valence-corrected chi connectivity index (χ2v) is 8.36. The van der Waals surface area contributed by atoms with Crippen LogP contribution in [0.4, 0.5) is 0 Å². The summed E-state index contributed by atoms with van der Waals surface area (Å²) in [5.74, 6) is 0.0369. The van der Waals surface area contributed by atoms with Gasteiger partial charge in [-0.05, 0) is 47.8 Å². The van der Waals surface area contributed by atoms with Gasteiger partial charge in [0.05, 0.1) is 11.1 Å². The van der Waals surface area contributed by atoms with Gasteiger partial charge in [0, 0.05) is 4.88 Å². The van der Waals surface area contributed by atoms with Gasteiger partial charge in [0.2, 0.25) is 0 Å². The average molecular weight is 361 g/mol. The van der Waals surface area contributed by atoms with Gasteiger partial charge < -0.3 is 10.1 Å². The van der Waals surface area contributed by atoms with Crippen molar-refractivity contribution in [1.29, 1.82) is 0 Å². The van der Waals surface area contributed by atoms with E-state index in [2.05, 4.69) is 32.7 Å². The number of phenolic OH excluding ortho intramolecular Hbond substituents is 1. The molecule has 0 saturated heterocycles. The van der Waals surface area contributed by atoms with Crippen molar-refractivity contribution < 1.29 is 5.11 Å². The minimum absolute atomic E-state index is 0.0369. The quantitative estimate of drug-likeness (QED) is 0.653. The summed E-state index contributed by atoms with van der Waals surface area (Å²) in [4.78, 5) is 18.0. The fourth-order valence-corrected chi connectivity index (χ4v) is 3.96. The number of nitrogens with one attached hydrogen (secondary N) is 1. The van der Waals surface area contributed by atoms with Crippen LogP contribution in [0.5, 0.6) is 5.75 Å². The zero-order chi connectivity index (χ0) is 17.6. The summed E-state index contributed by atoms with van der Waals surface area (Å²) in [6, 6.07) is 7.22. The topological polar surface area (TPSA) is 58.0 Å². The minimum Gasteiger partial charge on any atom is -0.506 e. The van der Waals surface area contributed by atoms with Crippen LogP contribution in [0, 0.1) is 4.77 Å². The molecule has 0 amide bonds. The first-order valence-electron chi connectivity index (χ1n) is 7.84. The largest absolute Gasteiger partial charge is 0.506 e. The highest BCUT2D eigenvalue weighted by atomic mass is 32.1. The SMILES string of the molecule is CCc1cc2c(=O)n(-c3cc(C(C)(C)C)ccc3O)c(=S)[nH]c2s1. The normalized spacial score (nSPS) is 12.0. The maximum absolute atomic E-state index is 13.0. The first-order valence-corrected chi connectivity index (χ1v) is 9.06. The lowest BCUT2D eigenvalue weighted by atomic mass is 9.87. The Kier molecular flexibility index (Phi) is 4.13. The number of rotatable bonds is 2. The van der Waals surface area contributed by atoms with E-state index in [1.165, 1.54) is 4.57 Å². The van der Waals surface area contributed by atoms with Gasteiger partial charge in [-0.2, -0.15) is 0 Å². The number of hydrogen-bond donors (Lipinski definition) is 2. The van der Waals surface area contributed by atoms with Gasteiger partial charge in [0.15, 0.2) is 4.77 Å². The third-order valence-corrected chi connectivity index (χ3v) is 5.55. The molecule has 3 rings (SSSR count). The van der Waals surface area contributed by atoms with Crippen LogP contribution >= 0.6 is 23.6 Å². The molecule has 2 heterocycles. The number of nitrogens with zero attached hydrogens (tertiary/aromatic N) is 1.